The lowest BCUT2D eigenvalue weighted by atomic mass is 10.0. The number of aldehydes is 1. The summed E-state index contributed by atoms with van der Waals surface area (Å²) in [7, 11) is 0. The van der Waals surface area contributed by atoms with Gasteiger partial charge in [0.25, 0.3) is 0 Å². The van der Waals surface area contributed by atoms with Crippen molar-refractivity contribution in [1.82, 2.24) is 0 Å². The number of ether oxygens (including phenoxy) is 1. The zero-order valence-electron chi connectivity index (χ0n) is 9.74. The minimum absolute atomic E-state index is 0.266. The first-order valence-corrected chi connectivity index (χ1v) is 6.04. The third kappa shape index (κ3) is 3.86. The minimum Gasteiger partial charge on any atom is -0.462 e. The van der Waals surface area contributed by atoms with E-state index in [1.165, 1.54) is 0 Å². The minimum atomic E-state index is -0.365. The van der Waals surface area contributed by atoms with E-state index < -0.39 is 0 Å². The fourth-order valence-electron chi connectivity index (χ4n) is 1.52. The van der Waals surface area contributed by atoms with Crippen LogP contribution in [0.1, 0.15) is 34.8 Å². The first kappa shape index (κ1) is 13.7. The second-order valence-electron chi connectivity index (χ2n) is 3.55. The molecule has 0 aliphatic carbocycles. The molecule has 0 aliphatic rings. The van der Waals surface area contributed by atoms with Crippen LogP contribution in [0.3, 0.4) is 0 Å². The van der Waals surface area contributed by atoms with Crippen molar-refractivity contribution in [3.05, 3.63) is 34.9 Å². The van der Waals surface area contributed by atoms with Crippen LogP contribution in [0.4, 0.5) is 0 Å². The number of carbonyl (C=O) groups is 2. The predicted molar refractivity (Wildman–Crippen MR) is 66.3 cm³/mol. The van der Waals surface area contributed by atoms with Crippen LogP contribution < -0.4 is 0 Å². The highest BCUT2D eigenvalue weighted by Crippen LogP contribution is 2.16. The molecule has 0 amide bonds. The van der Waals surface area contributed by atoms with Crippen LogP contribution in [0, 0.1) is 0 Å². The molecule has 0 fully saturated rings. The van der Waals surface area contributed by atoms with Gasteiger partial charge in [-0.25, -0.2) is 4.79 Å². The highest BCUT2D eigenvalue weighted by molar-refractivity contribution is 6.17. The molecule has 1 aromatic carbocycles. The monoisotopic (exact) mass is 254 g/mol. The molecule has 0 radical (unpaired) electrons. The molecule has 4 heteroatoms. The van der Waals surface area contributed by atoms with Gasteiger partial charge in [0, 0.05) is 12.3 Å². The van der Waals surface area contributed by atoms with Crippen molar-refractivity contribution < 1.29 is 14.3 Å². The zero-order chi connectivity index (χ0) is 12.7. The van der Waals surface area contributed by atoms with Gasteiger partial charge in [-0.1, -0.05) is 12.1 Å². The number of aryl methyl sites for hydroxylation is 1. The number of rotatable bonds is 6. The van der Waals surface area contributed by atoms with E-state index in [9.17, 15) is 9.59 Å². The second-order valence-corrected chi connectivity index (χ2v) is 3.82. The smallest absolute Gasteiger partial charge is 0.338 e. The summed E-state index contributed by atoms with van der Waals surface area (Å²) in [6.45, 7) is 2.09. The number of hydrogen-bond acceptors (Lipinski definition) is 3. The topological polar surface area (TPSA) is 43.4 Å². The molecule has 0 atom stereocenters. The first-order chi connectivity index (χ1) is 8.22. The molecule has 0 N–H and O–H groups in total. The van der Waals surface area contributed by atoms with Gasteiger partial charge in [-0.05, 0) is 30.5 Å². The molecular weight excluding hydrogens is 240 g/mol. The summed E-state index contributed by atoms with van der Waals surface area (Å²) in [4.78, 5) is 22.0. The largest absolute Gasteiger partial charge is 0.462 e. The summed E-state index contributed by atoms with van der Waals surface area (Å²) in [5, 5.41) is 0. The van der Waals surface area contributed by atoms with Crippen LogP contribution >= 0.6 is 11.6 Å². The number of esters is 1. The van der Waals surface area contributed by atoms with Gasteiger partial charge in [-0.15, -0.1) is 11.6 Å². The normalized spacial score (nSPS) is 10.0. The molecule has 3 nitrogen and oxygen atoms in total. The van der Waals surface area contributed by atoms with Crippen LogP contribution in [0.25, 0.3) is 0 Å². The van der Waals surface area contributed by atoms with Crippen molar-refractivity contribution in [2.24, 2.45) is 0 Å². The Bertz CT molecular complexity index is 402. The third-order valence-corrected chi connectivity index (χ3v) is 2.65. The van der Waals surface area contributed by atoms with Gasteiger partial charge in [0.05, 0.1) is 12.2 Å². The predicted octanol–water partition coefficient (Wildman–Crippen LogP) is 2.73. The molecule has 0 saturated heterocycles. The summed E-state index contributed by atoms with van der Waals surface area (Å²) in [6.07, 6.45) is 1.93. The lowest BCUT2D eigenvalue weighted by Gasteiger charge is -2.08. The molecular formula is C13H15ClO3. The van der Waals surface area contributed by atoms with Gasteiger partial charge in [0.15, 0.2) is 0 Å². The summed E-state index contributed by atoms with van der Waals surface area (Å²) >= 11 is 5.77. The number of alkyl halides is 1. The Kier molecular flexibility index (Phi) is 5.70. The van der Waals surface area contributed by atoms with Crippen molar-refractivity contribution in [3.8, 4) is 0 Å². The molecule has 0 heterocycles. The van der Waals surface area contributed by atoms with Gasteiger partial charge in [-0.3, -0.25) is 0 Å². The fourth-order valence-corrected chi connectivity index (χ4v) is 1.75. The Morgan fingerprint density at radius 2 is 2.24 bits per heavy atom. The van der Waals surface area contributed by atoms with Gasteiger partial charge < -0.3 is 9.53 Å². The van der Waals surface area contributed by atoms with Gasteiger partial charge >= 0.3 is 5.97 Å². The maximum atomic E-state index is 11.7. The summed E-state index contributed by atoms with van der Waals surface area (Å²) in [5.74, 6) is -0.0987. The van der Waals surface area contributed by atoms with Crippen molar-refractivity contribution in [2.45, 2.75) is 25.6 Å². The third-order valence-electron chi connectivity index (χ3n) is 2.36. The van der Waals surface area contributed by atoms with E-state index in [1.54, 1.807) is 19.1 Å². The van der Waals surface area contributed by atoms with E-state index in [0.29, 0.717) is 25.0 Å². The van der Waals surface area contributed by atoms with Crippen LogP contribution in [0.5, 0.6) is 0 Å². The van der Waals surface area contributed by atoms with E-state index in [1.807, 2.05) is 6.07 Å². The van der Waals surface area contributed by atoms with Crippen molar-refractivity contribution in [3.63, 3.8) is 0 Å². The maximum Gasteiger partial charge on any atom is 0.338 e. The molecule has 0 spiro atoms. The Balaban J connectivity index is 2.97. The molecule has 1 rings (SSSR count). The Hall–Kier alpha value is -1.35. The van der Waals surface area contributed by atoms with Crippen molar-refractivity contribution in [1.29, 1.82) is 0 Å². The Morgan fingerprint density at radius 1 is 1.47 bits per heavy atom. The van der Waals surface area contributed by atoms with Gasteiger partial charge in [0.2, 0.25) is 0 Å². The van der Waals surface area contributed by atoms with E-state index in [4.69, 9.17) is 16.3 Å². The molecule has 0 unspecified atom stereocenters. The molecule has 17 heavy (non-hydrogen) atoms. The first-order valence-electron chi connectivity index (χ1n) is 5.51. The van der Waals surface area contributed by atoms with Gasteiger partial charge in [0.1, 0.15) is 6.29 Å². The average Bonchev–Trinajstić information content (AvgIpc) is 2.36. The van der Waals surface area contributed by atoms with E-state index in [0.717, 1.165) is 17.4 Å². The van der Waals surface area contributed by atoms with Crippen LogP contribution in [-0.2, 0) is 21.8 Å². The number of carbonyl (C=O) groups excluding carboxylic acids is 2. The number of halogens is 1. The molecule has 1 aromatic rings. The second kappa shape index (κ2) is 7.07. The van der Waals surface area contributed by atoms with Crippen molar-refractivity contribution in [2.75, 3.05) is 6.61 Å². The van der Waals surface area contributed by atoms with E-state index >= 15 is 0 Å². The maximum absolute atomic E-state index is 11.7. The highest BCUT2D eigenvalue weighted by Gasteiger charge is 2.12. The molecule has 0 aromatic heterocycles. The lowest BCUT2D eigenvalue weighted by Crippen LogP contribution is -2.08. The highest BCUT2D eigenvalue weighted by atomic mass is 35.5. The van der Waals surface area contributed by atoms with Crippen molar-refractivity contribution >= 4 is 23.9 Å². The van der Waals surface area contributed by atoms with Crippen LogP contribution in [0.15, 0.2) is 18.2 Å². The van der Waals surface area contributed by atoms with E-state index in [-0.39, 0.29) is 11.8 Å². The van der Waals surface area contributed by atoms with Crippen LogP contribution in [-0.4, -0.2) is 18.9 Å². The Morgan fingerprint density at radius 3 is 2.82 bits per heavy atom. The average molecular weight is 255 g/mol. The zero-order valence-corrected chi connectivity index (χ0v) is 10.5. The molecule has 0 saturated carbocycles. The molecule has 0 aliphatic heterocycles. The Labute approximate surface area is 106 Å². The van der Waals surface area contributed by atoms with E-state index in [2.05, 4.69) is 0 Å². The quantitative estimate of drug-likeness (QED) is 0.445. The summed E-state index contributed by atoms with van der Waals surface area (Å²) in [6, 6.07) is 5.43. The fraction of sp³-hybridized carbons (Fsp3) is 0.385. The molecule has 0 bridgehead atoms. The summed E-state index contributed by atoms with van der Waals surface area (Å²) in [5.41, 5.74) is 2.18. The van der Waals surface area contributed by atoms with Crippen LogP contribution in [0.2, 0.25) is 0 Å². The summed E-state index contributed by atoms with van der Waals surface area (Å²) < 4.78 is 4.96. The standard InChI is InChI=1S/C13H15ClO3/c1-2-17-13(16)12-8-10(4-3-7-15)5-6-11(12)9-14/h5-8H,2-4,9H2,1H3. The molecule has 92 valence electrons. The van der Waals surface area contributed by atoms with Gasteiger partial charge in [-0.2, -0.15) is 0 Å². The number of hydrogen-bond donors (Lipinski definition) is 0. The lowest BCUT2D eigenvalue weighted by molar-refractivity contribution is -0.107. The number of benzene rings is 1. The SMILES string of the molecule is CCOC(=O)c1cc(CCC=O)ccc1CCl.